The average molecular weight is 453 g/mol. The molecule has 2 aliphatic rings. The van der Waals surface area contributed by atoms with E-state index >= 15 is 0 Å². The third-order valence-electron chi connectivity index (χ3n) is 6.07. The van der Waals surface area contributed by atoms with Gasteiger partial charge in [0, 0.05) is 29.3 Å². The van der Waals surface area contributed by atoms with E-state index in [4.69, 9.17) is 4.74 Å². The first-order valence-corrected chi connectivity index (χ1v) is 11.0. The Labute approximate surface area is 197 Å². The van der Waals surface area contributed by atoms with E-state index in [1.165, 1.54) is 0 Å². The first-order chi connectivity index (χ1) is 16.4. The second kappa shape index (κ2) is 8.51. The first kappa shape index (κ1) is 21.5. The summed E-state index contributed by atoms with van der Waals surface area (Å²) in [6, 6.07) is 22.6. The van der Waals surface area contributed by atoms with Crippen LogP contribution in [-0.4, -0.2) is 21.8 Å². The zero-order valence-electron chi connectivity index (χ0n) is 19.1. The summed E-state index contributed by atoms with van der Waals surface area (Å²) in [6.07, 6.45) is -0.953. The van der Waals surface area contributed by atoms with Gasteiger partial charge >= 0.3 is 6.09 Å². The van der Waals surface area contributed by atoms with Crippen molar-refractivity contribution in [2.75, 3.05) is 10.6 Å². The standard InChI is InChI=1S/C27H24N4O3/c1-16-23(29-27(33)34-17(2)18-8-5-4-6-9-18)24(30-31(16)3)19-12-14-20(15-13-19)26(32)28-25-21-10-7-11-22(21)25/h4-15,17H,1-3H3,(H,28,32)(H,29,33). The van der Waals surface area contributed by atoms with Crippen molar-refractivity contribution in [3.8, 4) is 22.4 Å². The SMILES string of the molecule is Cc1c(NC(=O)OC(C)c2ccccc2)c(-c2ccc(C(=O)Nc3c4cccc3-4)cc2)nn1C. The Morgan fingerprint density at radius 2 is 1.56 bits per heavy atom. The van der Waals surface area contributed by atoms with Gasteiger partial charge in [0.1, 0.15) is 11.8 Å². The molecule has 0 bridgehead atoms. The summed E-state index contributed by atoms with van der Waals surface area (Å²) in [5.41, 5.74) is 7.29. The van der Waals surface area contributed by atoms with Crippen molar-refractivity contribution in [1.82, 2.24) is 9.78 Å². The maximum Gasteiger partial charge on any atom is 0.412 e. The number of ether oxygens (including phenoxy) is 1. The van der Waals surface area contributed by atoms with Crippen molar-refractivity contribution in [1.29, 1.82) is 0 Å². The lowest BCUT2D eigenvalue weighted by Gasteiger charge is -2.14. The van der Waals surface area contributed by atoms with Crippen LogP contribution in [0.15, 0.2) is 72.8 Å². The molecule has 1 unspecified atom stereocenters. The zero-order valence-corrected chi connectivity index (χ0v) is 19.1. The number of aromatic nitrogens is 2. The summed E-state index contributed by atoms with van der Waals surface area (Å²) < 4.78 is 7.27. The first-order valence-electron chi connectivity index (χ1n) is 11.0. The van der Waals surface area contributed by atoms with Gasteiger partial charge in [0.2, 0.25) is 0 Å². The Morgan fingerprint density at radius 1 is 0.882 bits per heavy atom. The second-order valence-electron chi connectivity index (χ2n) is 8.28. The monoisotopic (exact) mass is 452 g/mol. The molecule has 1 aromatic heterocycles. The summed E-state index contributed by atoms with van der Waals surface area (Å²) in [7, 11) is 1.81. The Kier molecular flexibility index (Phi) is 5.37. The van der Waals surface area contributed by atoms with E-state index in [1.54, 1.807) is 16.8 Å². The van der Waals surface area contributed by atoms with Crippen molar-refractivity contribution >= 4 is 23.4 Å². The maximum absolute atomic E-state index is 12.6. The number of anilines is 2. The molecule has 34 heavy (non-hydrogen) atoms. The van der Waals surface area contributed by atoms with Crippen LogP contribution >= 0.6 is 0 Å². The van der Waals surface area contributed by atoms with Crippen LogP contribution in [0.1, 0.15) is 34.6 Å². The Morgan fingerprint density at radius 3 is 2.24 bits per heavy atom. The molecule has 7 heteroatoms. The third-order valence-corrected chi connectivity index (χ3v) is 6.07. The van der Waals surface area contributed by atoms with E-state index in [2.05, 4.69) is 15.7 Å². The highest BCUT2D eigenvalue weighted by molar-refractivity contribution is 6.16. The van der Waals surface area contributed by atoms with Gasteiger partial charge in [0.05, 0.1) is 17.1 Å². The molecule has 2 amide bonds. The van der Waals surface area contributed by atoms with E-state index < -0.39 is 12.2 Å². The number of nitrogens with zero attached hydrogens (tertiary/aromatic N) is 2. The summed E-state index contributed by atoms with van der Waals surface area (Å²) in [5.74, 6) is -0.160. The van der Waals surface area contributed by atoms with Crippen LogP contribution in [0, 0.1) is 6.92 Å². The lowest BCUT2D eigenvalue weighted by atomic mass is 10.1. The largest absolute Gasteiger partial charge is 0.441 e. The van der Waals surface area contributed by atoms with Gasteiger partial charge in [0.15, 0.2) is 0 Å². The van der Waals surface area contributed by atoms with E-state index in [0.717, 1.165) is 33.6 Å². The molecular weight excluding hydrogens is 428 g/mol. The maximum atomic E-state index is 12.6. The molecule has 0 aliphatic heterocycles. The molecule has 7 nitrogen and oxygen atoms in total. The van der Waals surface area contributed by atoms with Crippen molar-refractivity contribution < 1.29 is 14.3 Å². The molecule has 5 rings (SSSR count). The Hall–Kier alpha value is -4.39. The number of rotatable bonds is 6. The van der Waals surface area contributed by atoms with E-state index in [-0.39, 0.29) is 5.91 Å². The van der Waals surface area contributed by atoms with Crippen molar-refractivity contribution in [2.45, 2.75) is 20.0 Å². The molecule has 0 saturated heterocycles. The van der Waals surface area contributed by atoms with Crippen molar-refractivity contribution in [3.63, 3.8) is 0 Å². The normalized spacial score (nSPS) is 12.1. The number of fused-ring (bicyclic) bond motifs is 1. The number of para-hydroxylation sites is 1. The number of hydrogen-bond acceptors (Lipinski definition) is 4. The summed E-state index contributed by atoms with van der Waals surface area (Å²) in [5, 5.41) is 10.4. The number of benzene rings is 3. The lowest BCUT2D eigenvalue weighted by molar-refractivity contribution is 0.102. The van der Waals surface area contributed by atoms with E-state index in [9.17, 15) is 9.59 Å². The Balaban J connectivity index is 1.31. The molecule has 3 aromatic rings. The minimum atomic E-state index is -0.558. The topological polar surface area (TPSA) is 85.2 Å². The van der Waals surface area contributed by atoms with Crippen LogP contribution in [0.4, 0.5) is 16.2 Å². The number of carbonyl (C=O) groups excluding carboxylic acids is 2. The van der Waals surface area contributed by atoms with Gasteiger partial charge in [-0.1, -0.05) is 60.7 Å². The van der Waals surface area contributed by atoms with Crippen LogP contribution in [0.5, 0.6) is 0 Å². The number of carbonyl (C=O) groups is 2. The number of aryl methyl sites for hydroxylation is 1. The number of nitrogens with one attached hydrogen (secondary N) is 2. The van der Waals surface area contributed by atoms with Gasteiger partial charge in [0.25, 0.3) is 5.91 Å². The third kappa shape index (κ3) is 4.03. The molecule has 1 atom stereocenters. The molecule has 0 spiro atoms. The smallest absolute Gasteiger partial charge is 0.412 e. The second-order valence-corrected chi connectivity index (χ2v) is 8.28. The number of hydrogen-bond donors (Lipinski definition) is 2. The van der Waals surface area contributed by atoms with Gasteiger partial charge in [-0.05, 0) is 31.5 Å². The van der Waals surface area contributed by atoms with Gasteiger partial charge in [-0.15, -0.1) is 0 Å². The van der Waals surface area contributed by atoms with Gasteiger partial charge in [-0.2, -0.15) is 5.10 Å². The molecule has 170 valence electrons. The number of amides is 2. The van der Waals surface area contributed by atoms with Crippen LogP contribution in [0.25, 0.3) is 22.4 Å². The molecule has 0 fully saturated rings. The van der Waals surface area contributed by atoms with Gasteiger partial charge < -0.3 is 10.1 Å². The molecule has 0 radical (unpaired) electrons. The quantitative estimate of drug-likeness (QED) is 0.334. The zero-order chi connectivity index (χ0) is 23.8. The summed E-state index contributed by atoms with van der Waals surface area (Å²) in [4.78, 5) is 25.2. The minimum Gasteiger partial charge on any atom is -0.441 e. The van der Waals surface area contributed by atoms with Crippen LogP contribution in [0.3, 0.4) is 0 Å². The lowest BCUT2D eigenvalue weighted by Crippen LogP contribution is -2.17. The highest BCUT2D eigenvalue weighted by atomic mass is 16.6. The fraction of sp³-hybridized carbons (Fsp3) is 0.148. The molecule has 1 heterocycles. The van der Waals surface area contributed by atoms with Crippen LogP contribution < -0.4 is 10.6 Å². The molecule has 2 aliphatic carbocycles. The minimum absolute atomic E-state index is 0.160. The van der Waals surface area contributed by atoms with Crippen molar-refractivity contribution in [2.24, 2.45) is 7.05 Å². The predicted molar refractivity (Wildman–Crippen MR) is 132 cm³/mol. The Bertz CT molecular complexity index is 1370. The highest BCUT2D eigenvalue weighted by Gasteiger charge is 2.25. The molecule has 2 aromatic carbocycles. The van der Waals surface area contributed by atoms with E-state index in [1.807, 2.05) is 81.6 Å². The molecular formula is C27H24N4O3. The fourth-order valence-corrected chi connectivity index (χ4v) is 3.95. The molecule has 2 N–H and O–H groups in total. The summed E-state index contributed by atoms with van der Waals surface area (Å²) in [6.45, 7) is 3.70. The van der Waals surface area contributed by atoms with E-state index in [0.29, 0.717) is 16.9 Å². The summed E-state index contributed by atoms with van der Waals surface area (Å²) >= 11 is 0. The average Bonchev–Trinajstić information content (AvgIpc) is 3.15. The van der Waals surface area contributed by atoms with Crippen molar-refractivity contribution in [3.05, 3.63) is 89.6 Å². The van der Waals surface area contributed by atoms with Crippen LogP contribution in [0.2, 0.25) is 0 Å². The van der Waals surface area contributed by atoms with Gasteiger partial charge in [-0.25, -0.2) is 4.79 Å². The van der Waals surface area contributed by atoms with Gasteiger partial charge in [-0.3, -0.25) is 14.8 Å². The predicted octanol–water partition coefficient (Wildman–Crippen LogP) is 5.94. The highest BCUT2D eigenvalue weighted by Crippen LogP contribution is 2.48. The van der Waals surface area contributed by atoms with Crippen LogP contribution in [-0.2, 0) is 11.8 Å². The molecule has 0 saturated carbocycles. The fourth-order valence-electron chi connectivity index (χ4n) is 3.95.